The molecule has 98 valence electrons. The Hall–Kier alpha value is -2.75. The van der Waals surface area contributed by atoms with Crippen molar-refractivity contribution in [3.05, 3.63) is 60.6 Å². The highest BCUT2D eigenvalue weighted by molar-refractivity contribution is 6.00. The third kappa shape index (κ3) is 2.12. The second-order valence-electron chi connectivity index (χ2n) is 4.32. The molecule has 4 heteroatoms. The highest BCUT2D eigenvalue weighted by Crippen LogP contribution is 2.27. The Balaban J connectivity index is 2.24. The molecule has 2 aromatic heterocycles. The fourth-order valence-corrected chi connectivity index (χ4v) is 2.17. The van der Waals surface area contributed by atoms with E-state index in [9.17, 15) is 4.79 Å². The summed E-state index contributed by atoms with van der Waals surface area (Å²) in [5.41, 5.74) is 3.41. The van der Waals surface area contributed by atoms with Gasteiger partial charge in [-0.3, -0.25) is 9.97 Å². The number of nitrogens with zero attached hydrogens (tertiary/aromatic N) is 2. The molecule has 0 amide bonds. The van der Waals surface area contributed by atoms with E-state index in [1.165, 1.54) is 7.11 Å². The Bertz CT molecular complexity index is 770. The Morgan fingerprint density at radius 3 is 2.60 bits per heavy atom. The van der Waals surface area contributed by atoms with Gasteiger partial charge >= 0.3 is 5.97 Å². The molecular weight excluding hydrogens is 252 g/mol. The van der Waals surface area contributed by atoms with Gasteiger partial charge in [-0.15, -0.1) is 0 Å². The molecule has 2 heterocycles. The summed E-state index contributed by atoms with van der Waals surface area (Å²) in [6.45, 7) is 0. The summed E-state index contributed by atoms with van der Waals surface area (Å²) in [5.74, 6) is -0.351. The van der Waals surface area contributed by atoms with E-state index in [1.54, 1.807) is 24.7 Å². The third-order valence-electron chi connectivity index (χ3n) is 3.15. The number of carbonyl (C=O) groups is 1. The number of carbonyl (C=O) groups excluding carboxylic acids is 1. The first kappa shape index (κ1) is 12.3. The van der Waals surface area contributed by atoms with Gasteiger partial charge in [0.1, 0.15) is 0 Å². The molecule has 0 unspecified atom stereocenters. The SMILES string of the molecule is COC(=O)c1ccc2nccc(-c3ccncc3)c2c1. The largest absolute Gasteiger partial charge is 0.465 e. The van der Waals surface area contributed by atoms with Crippen molar-refractivity contribution in [2.45, 2.75) is 0 Å². The Labute approximate surface area is 116 Å². The van der Waals surface area contributed by atoms with Gasteiger partial charge in [0.05, 0.1) is 18.2 Å². The first-order chi connectivity index (χ1) is 9.79. The average Bonchev–Trinajstić information content (AvgIpc) is 2.54. The molecule has 0 spiro atoms. The minimum atomic E-state index is -0.351. The summed E-state index contributed by atoms with van der Waals surface area (Å²) >= 11 is 0. The zero-order chi connectivity index (χ0) is 13.9. The topological polar surface area (TPSA) is 52.1 Å². The number of pyridine rings is 2. The van der Waals surface area contributed by atoms with E-state index in [2.05, 4.69) is 9.97 Å². The van der Waals surface area contributed by atoms with Crippen LogP contribution >= 0.6 is 0 Å². The molecule has 0 aliphatic heterocycles. The Morgan fingerprint density at radius 1 is 1.05 bits per heavy atom. The van der Waals surface area contributed by atoms with Crippen LogP contribution in [0.1, 0.15) is 10.4 Å². The molecule has 0 radical (unpaired) electrons. The molecule has 0 saturated carbocycles. The van der Waals surface area contributed by atoms with Gasteiger partial charge in [0, 0.05) is 24.0 Å². The lowest BCUT2D eigenvalue weighted by molar-refractivity contribution is 0.0601. The van der Waals surface area contributed by atoms with E-state index in [0.29, 0.717) is 5.56 Å². The van der Waals surface area contributed by atoms with E-state index in [0.717, 1.165) is 22.0 Å². The molecule has 0 aliphatic carbocycles. The molecule has 20 heavy (non-hydrogen) atoms. The van der Waals surface area contributed by atoms with Crippen molar-refractivity contribution in [2.24, 2.45) is 0 Å². The number of ether oxygens (including phenoxy) is 1. The molecule has 1 aromatic carbocycles. The normalized spacial score (nSPS) is 10.4. The van der Waals surface area contributed by atoms with Gasteiger partial charge in [0.25, 0.3) is 0 Å². The Kier molecular flexibility index (Phi) is 3.13. The first-order valence-corrected chi connectivity index (χ1v) is 6.17. The lowest BCUT2D eigenvalue weighted by Crippen LogP contribution is -2.01. The molecule has 0 bridgehead atoms. The van der Waals surface area contributed by atoms with Crippen molar-refractivity contribution in [1.29, 1.82) is 0 Å². The third-order valence-corrected chi connectivity index (χ3v) is 3.15. The molecule has 0 N–H and O–H groups in total. The van der Waals surface area contributed by atoms with Crippen LogP contribution < -0.4 is 0 Å². The predicted molar refractivity (Wildman–Crippen MR) is 76.3 cm³/mol. The van der Waals surface area contributed by atoms with Crippen LogP contribution in [0, 0.1) is 0 Å². The van der Waals surface area contributed by atoms with Crippen LogP contribution in [-0.4, -0.2) is 23.0 Å². The van der Waals surface area contributed by atoms with Crippen LogP contribution in [0.4, 0.5) is 0 Å². The average molecular weight is 264 g/mol. The van der Waals surface area contributed by atoms with Crippen molar-refractivity contribution in [3.8, 4) is 11.1 Å². The molecule has 3 rings (SSSR count). The molecule has 0 aliphatic rings. The molecule has 0 saturated heterocycles. The van der Waals surface area contributed by atoms with Crippen LogP contribution in [0.25, 0.3) is 22.0 Å². The standard InChI is InChI=1S/C16H12N2O2/c1-20-16(19)12-2-3-15-14(10-12)13(6-9-18-15)11-4-7-17-8-5-11/h2-10H,1H3. The maximum atomic E-state index is 11.7. The molecule has 0 atom stereocenters. The number of hydrogen-bond donors (Lipinski definition) is 0. The molecular formula is C16H12N2O2. The number of rotatable bonds is 2. The van der Waals surface area contributed by atoms with Crippen LogP contribution in [0.15, 0.2) is 55.0 Å². The Morgan fingerprint density at radius 2 is 1.85 bits per heavy atom. The van der Waals surface area contributed by atoms with E-state index >= 15 is 0 Å². The van der Waals surface area contributed by atoms with Gasteiger partial charge in [-0.25, -0.2) is 4.79 Å². The number of esters is 1. The minimum Gasteiger partial charge on any atom is -0.465 e. The number of methoxy groups -OCH3 is 1. The van der Waals surface area contributed by atoms with Gasteiger partial charge in [0.15, 0.2) is 0 Å². The number of aromatic nitrogens is 2. The lowest BCUT2D eigenvalue weighted by Gasteiger charge is -2.07. The summed E-state index contributed by atoms with van der Waals surface area (Å²) in [4.78, 5) is 20.0. The smallest absolute Gasteiger partial charge is 0.337 e. The fraction of sp³-hybridized carbons (Fsp3) is 0.0625. The molecule has 0 fully saturated rings. The summed E-state index contributed by atoms with van der Waals surface area (Å²) in [6, 6.07) is 11.1. The highest BCUT2D eigenvalue weighted by Gasteiger charge is 2.09. The van der Waals surface area contributed by atoms with Crippen LogP contribution in [0.2, 0.25) is 0 Å². The summed E-state index contributed by atoms with van der Waals surface area (Å²) in [6.07, 6.45) is 5.24. The quantitative estimate of drug-likeness (QED) is 0.667. The maximum absolute atomic E-state index is 11.7. The lowest BCUT2D eigenvalue weighted by atomic mass is 10.0. The summed E-state index contributed by atoms with van der Waals surface area (Å²) < 4.78 is 4.76. The number of fused-ring (bicyclic) bond motifs is 1. The highest BCUT2D eigenvalue weighted by atomic mass is 16.5. The second-order valence-corrected chi connectivity index (χ2v) is 4.32. The monoisotopic (exact) mass is 264 g/mol. The van der Waals surface area contributed by atoms with Gasteiger partial charge in [0.2, 0.25) is 0 Å². The molecule has 4 nitrogen and oxygen atoms in total. The van der Waals surface area contributed by atoms with Gasteiger partial charge in [-0.1, -0.05) is 0 Å². The number of benzene rings is 1. The van der Waals surface area contributed by atoms with Crippen molar-refractivity contribution in [3.63, 3.8) is 0 Å². The summed E-state index contributed by atoms with van der Waals surface area (Å²) in [7, 11) is 1.37. The van der Waals surface area contributed by atoms with E-state index < -0.39 is 0 Å². The zero-order valence-corrected chi connectivity index (χ0v) is 10.9. The van der Waals surface area contributed by atoms with Crippen LogP contribution in [0.5, 0.6) is 0 Å². The summed E-state index contributed by atoms with van der Waals surface area (Å²) in [5, 5.41) is 0.918. The van der Waals surface area contributed by atoms with E-state index in [-0.39, 0.29) is 5.97 Å². The van der Waals surface area contributed by atoms with Crippen molar-refractivity contribution >= 4 is 16.9 Å². The maximum Gasteiger partial charge on any atom is 0.337 e. The number of hydrogen-bond acceptors (Lipinski definition) is 4. The van der Waals surface area contributed by atoms with Crippen LogP contribution in [0.3, 0.4) is 0 Å². The van der Waals surface area contributed by atoms with Gasteiger partial charge in [-0.2, -0.15) is 0 Å². The van der Waals surface area contributed by atoms with E-state index in [1.807, 2.05) is 30.3 Å². The predicted octanol–water partition coefficient (Wildman–Crippen LogP) is 3.08. The van der Waals surface area contributed by atoms with Crippen molar-refractivity contribution in [1.82, 2.24) is 9.97 Å². The minimum absolute atomic E-state index is 0.351. The fourth-order valence-electron chi connectivity index (χ4n) is 2.17. The van der Waals surface area contributed by atoms with Crippen molar-refractivity contribution in [2.75, 3.05) is 7.11 Å². The van der Waals surface area contributed by atoms with Crippen LogP contribution in [-0.2, 0) is 4.74 Å². The van der Waals surface area contributed by atoms with E-state index in [4.69, 9.17) is 4.74 Å². The zero-order valence-electron chi connectivity index (χ0n) is 10.9. The first-order valence-electron chi connectivity index (χ1n) is 6.17. The van der Waals surface area contributed by atoms with Gasteiger partial charge in [-0.05, 0) is 47.5 Å². The molecule has 3 aromatic rings. The second kappa shape index (κ2) is 5.09. The van der Waals surface area contributed by atoms with Crippen molar-refractivity contribution < 1.29 is 9.53 Å². The van der Waals surface area contributed by atoms with Gasteiger partial charge < -0.3 is 4.74 Å².